The molecule has 6 heteroatoms. The van der Waals surface area contributed by atoms with E-state index in [4.69, 9.17) is 9.47 Å². The van der Waals surface area contributed by atoms with Crippen LogP contribution in [-0.2, 0) is 19.1 Å². The number of rotatable bonds is 2. The fraction of sp³-hybridized carbons (Fsp3) is 0.938. The number of ether oxygens (including phenoxy) is 2. The monoisotopic (exact) mass is 530 g/mol. The Bertz CT molecular complexity index is 1040. The Morgan fingerprint density at radius 2 is 1.61 bits per heavy atom. The summed E-state index contributed by atoms with van der Waals surface area (Å²) in [5, 5.41) is 22.5. The Hall–Kier alpha value is -0.820. The summed E-state index contributed by atoms with van der Waals surface area (Å²) < 4.78 is 12.6. The summed E-state index contributed by atoms with van der Waals surface area (Å²) in [6.45, 7) is 15.4. The normalized spacial score (nSPS) is 57.7. The smallest absolute Gasteiger partial charge is 0.163 e. The number of carbonyl (C=O) groups is 2. The van der Waals surface area contributed by atoms with E-state index in [2.05, 4.69) is 27.7 Å². The van der Waals surface area contributed by atoms with Crippen LogP contribution in [0.25, 0.3) is 0 Å². The molecule has 6 fully saturated rings. The molecular weight excluding hydrogens is 480 g/mol. The Balaban J connectivity index is 1.41. The van der Waals surface area contributed by atoms with Gasteiger partial charge in [-0.25, -0.2) is 0 Å². The van der Waals surface area contributed by atoms with Crippen LogP contribution in [0.5, 0.6) is 0 Å². The van der Waals surface area contributed by atoms with E-state index in [1.54, 1.807) is 0 Å². The molecule has 6 nitrogen and oxygen atoms in total. The average molecular weight is 531 g/mol. The number of carbonyl (C=O) groups excluding carboxylic acids is 2. The molecule has 1 heterocycles. The highest BCUT2D eigenvalue weighted by molar-refractivity contribution is 5.86. The lowest BCUT2D eigenvalue weighted by Gasteiger charge is -2.72. The predicted molar refractivity (Wildman–Crippen MR) is 143 cm³/mol. The minimum absolute atomic E-state index is 0.0501. The van der Waals surface area contributed by atoms with Crippen molar-refractivity contribution in [1.82, 2.24) is 0 Å². The lowest BCUT2D eigenvalue weighted by atomic mass is 9.32. The van der Waals surface area contributed by atoms with Gasteiger partial charge in [-0.3, -0.25) is 9.59 Å². The quantitative estimate of drug-likeness (QED) is 0.526. The zero-order valence-electron chi connectivity index (χ0n) is 24.6. The molecule has 6 rings (SSSR count). The van der Waals surface area contributed by atoms with Gasteiger partial charge >= 0.3 is 0 Å². The molecule has 5 saturated carbocycles. The zero-order chi connectivity index (χ0) is 27.7. The SMILES string of the molecule is CC1(C)OC[C@@](C)([C@@H]2CC[C@H]3C(=O)C[C@]4(C)C(CC[C@H]5[C@@]4(C)[C@@H](O)CC4[C@]5(C)CCC(=O)[C@@]4(C)CO)C23)O1. The van der Waals surface area contributed by atoms with Gasteiger partial charge in [0.15, 0.2) is 5.79 Å². The molecule has 6 aliphatic rings. The van der Waals surface area contributed by atoms with Crippen molar-refractivity contribution in [1.29, 1.82) is 0 Å². The third-order valence-corrected chi connectivity index (χ3v) is 14.0. The lowest BCUT2D eigenvalue weighted by molar-refractivity contribution is -0.268. The van der Waals surface area contributed by atoms with Gasteiger partial charge in [0.25, 0.3) is 0 Å². The van der Waals surface area contributed by atoms with Crippen LogP contribution in [0.4, 0.5) is 0 Å². The van der Waals surface area contributed by atoms with Gasteiger partial charge in [-0.05, 0) is 99.7 Å². The molecule has 2 N–H and O–H groups in total. The van der Waals surface area contributed by atoms with Crippen molar-refractivity contribution in [3.8, 4) is 0 Å². The zero-order valence-corrected chi connectivity index (χ0v) is 24.6. The van der Waals surface area contributed by atoms with Gasteiger partial charge in [0.05, 0.1) is 30.3 Å². The molecular formula is C32H50O6. The molecule has 1 saturated heterocycles. The molecule has 0 aromatic rings. The highest BCUT2D eigenvalue weighted by Gasteiger charge is 2.74. The minimum atomic E-state index is -0.807. The van der Waals surface area contributed by atoms with Crippen molar-refractivity contribution in [3.63, 3.8) is 0 Å². The second kappa shape index (κ2) is 8.14. The molecule has 0 radical (unpaired) electrons. The molecule has 12 atom stereocenters. The summed E-state index contributed by atoms with van der Waals surface area (Å²) >= 11 is 0. The number of hydrogen-bond donors (Lipinski definition) is 2. The maximum Gasteiger partial charge on any atom is 0.163 e. The molecule has 0 aromatic heterocycles. The fourth-order valence-electron chi connectivity index (χ4n) is 12.0. The first kappa shape index (κ1) is 27.4. The van der Waals surface area contributed by atoms with Crippen molar-refractivity contribution in [3.05, 3.63) is 0 Å². The van der Waals surface area contributed by atoms with E-state index < -0.39 is 28.3 Å². The largest absolute Gasteiger partial charge is 0.395 e. The van der Waals surface area contributed by atoms with Gasteiger partial charge in [0.2, 0.25) is 0 Å². The molecule has 214 valence electrons. The van der Waals surface area contributed by atoms with Crippen molar-refractivity contribution < 1.29 is 29.3 Å². The first-order valence-electron chi connectivity index (χ1n) is 15.3. The predicted octanol–water partition coefficient (Wildman–Crippen LogP) is 4.93. The summed E-state index contributed by atoms with van der Waals surface area (Å²) in [6.07, 6.45) is 5.70. The van der Waals surface area contributed by atoms with E-state index in [1.165, 1.54) is 0 Å². The van der Waals surface area contributed by atoms with Crippen molar-refractivity contribution in [2.24, 2.45) is 57.2 Å². The van der Waals surface area contributed by atoms with E-state index in [0.717, 1.165) is 32.1 Å². The number of aliphatic hydroxyl groups is 2. The van der Waals surface area contributed by atoms with Crippen LogP contribution in [0.1, 0.15) is 99.8 Å². The minimum Gasteiger partial charge on any atom is -0.395 e. The van der Waals surface area contributed by atoms with Gasteiger partial charge in [-0.1, -0.05) is 27.7 Å². The Morgan fingerprint density at radius 3 is 2.24 bits per heavy atom. The second-order valence-corrected chi connectivity index (χ2v) is 15.9. The molecule has 0 bridgehead atoms. The standard InChI is InChI=1S/C32H50O6/c1-27(2)37-17-31(6,38-27)20-9-8-18-21(34)15-30(5)19(26(18)20)10-11-22-28(3)13-12-24(35)29(4,16-33)23(28)14-25(36)32(22,30)7/h18-20,22-23,25-26,33,36H,8-17H2,1-7H3/t18-,19?,20+,22+,23?,25-,26?,28+,29-,30+,31-,32-/m0/s1. The Kier molecular flexibility index (Phi) is 5.86. The van der Waals surface area contributed by atoms with Gasteiger partial charge in [0.1, 0.15) is 11.6 Å². The maximum atomic E-state index is 14.0. The number of hydrogen-bond acceptors (Lipinski definition) is 6. The van der Waals surface area contributed by atoms with Crippen LogP contribution < -0.4 is 0 Å². The summed E-state index contributed by atoms with van der Waals surface area (Å²) in [7, 11) is 0. The van der Waals surface area contributed by atoms with E-state index >= 15 is 0 Å². The fourth-order valence-corrected chi connectivity index (χ4v) is 12.0. The van der Waals surface area contributed by atoms with E-state index in [0.29, 0.717) is 37.6 Å². The number of aliphatic hydroxyl groups excluding tert-OH is 2. The third-order valence-electron chi connectivity index (χ3n) is 14.0. The van der Waals surface area contributed by atoms with Crippen molar-refractivity contribution >= 4 is 11.6 Å². The summed E-state index contributed by atoms with van der Waals surface area (Å²) in [5.74, 6) is 0.978. The third kappa shape index (κ3) is 3.21. The van der Waals surface area contributed by atoms with Gasteiger partial charge < -0.3 is 19.7 Å². The Morgan fingerprint density at radius 1 is 0.921 bits per heavy atom. The maximum absolute atomic E-state index is 14.0. The van der Waals surface area contributed by atoms with Crippen LogP contribution in [0.15, 0.2) is 0 Å². The summed E-state index contributed by atoms with van der Waals surface area (Å²) in [4.78, 5) is 27.1. The van der Waals surface area contributed by atoms with Crippen LogP contribution in [0.2, 0.25) is 0 Å². The number of Topliss-reactive ketones (excluding diaryl/α,β-unsaturated/α-hetero) is 2. The average Bonchev–Trinajstić information content (AvgIpc) is 3.41. The molecule has 1 aliphatic heterocycles. The van der Waals surface area contributed by atoms with E-state index in [9.17, 15) is 19.8 Å². The van der Waals surface area contributed by atoms with Gasteiger partial charge in [-0.15, -0.1) is 0 Å². The van der Waals surface area contributed by atoms with Crippen molar-refractivity contribution in [2.75, 3.05) is 13.2 Å². The molecule has 5 aliphatic carbocycles. The molecule has 38 heavy (non-hydrogen) atoms. The van der Waals surface area contributed by atoms with Crippen LogP contribution in [-0.4, -0.2) is 52.5 Å². The van der Waals surface area contributed by atoms with Crippen LogP contribution in [0, 0.1) is 57.2 Å². The lowest BCUT2D eigenvalue weighted by Crippen LogP contribution is -2.71. The number of ketones is 2. The van der Waals surface area contributed by atoms with E-state index in [-0.39, 0.29) is 52.8 Å². The first-order chi connectivity index (χ1) is 17.6. The van der Waals surface area contributed by atoms with Crippen LogP contribution in [0.3, 0.4) is 0 Å². The molecule has 0 spiro atoms. The van der Waals surface area contributed by atoms with Gasteiger partial charge in [0, 0.05) is 24.2 Å². The first-order valence-corrected chi connectivity index (χ1v) is 15.3. The highest BCUT2D eigenvalue weighted by atomic mass is 16.8. The molecule has 0 aromatic carbocycles. The summed E-state index contributed by atoms with van der Waals surface area (Å²) in [5.41, 5.74) is -2.13. The number of fused-ring (bicyclic) bond motifs is 7. The highest BCUT2D eigenvalue weighted by Crippen LogP contribution is 2.75. The topological polar surface area (TPSA) is 93.1 Å². The summed E-state index contributed by atoms with van der Waals surface area (Å²) in [6, 6.07) is 0. The van der Waals surface area contributed by atoms with Crippen LogP contribution >= 0.6 is 0 Å². The Labute approximate surface area is 228 Å². The second-order valence-electron chi connectivity index (χ2n) is 15.9. The van der Waals surface area contributed by atoms with Crippen molar-refractivity contribution in [2.45, 2.75) is 117 Å². The van der Waals surface area contributed by atoms with E-state index in [1.807, 2.05) is 20.8 Å². The molecule has 3 unspecified atom stereocenters. The van der Waals surface area contributed by atoms with Gasteiger partial charge in [-0.2, -0.15) is 0 Å². The molecule has 0 amide bonds.